The molecule has 1 aliphatic heterocycles. The zero-order valence-electron chi connectivity index (χ0n) is 23.9. The number of hydrogen-bond acceptors (Lipinski definition) is 6. The molecule has 9 nitrogen and oxygen atoms in total. The molecule has 0 atom stereocenters. The van der Waals surface area contributed by atoms with E-state index in [1.165, 1.54) is 11.8 Å². The number of nitrogens with one attached hydrogen (secondary N) is 2. The van der Waals surface area contributed by atoms with E-state index in [9.17, 15) is 13.2 Å². The summed E-state index contributed by atoms with van der Waals surface area (Å²) in [6.45, 7) is 13.2. The number of carbonyl (C=O) groups is 1. The number of carbonyl (C=O) groups excluding carboxylic acids is 1. The van der Waals surface area contributed by atoms with Gasteiger partial charge in [0.1, 0.15) is 5.69 Å². The maximum Gasteiger partial charge on any atom is 0.291 e. The highest BCUT2D eigenvalue weighted by molar-refractivity contribution is 7.85. The molecule has 0 unspecified atom stereocenters. The van der Waals surface area contributed by atoms with Gasteiger partial charge in [0.2, 0.25) is 0 Å². The molecule has 3 heterocycles. The zero-order chi connectivity index (χ0) is 29.2. The fourth-order valence-corrected chi connectivity index (χ4v) is 5.33. The van der Waals surface area contributed by atoms with E-state index < -0.39 is 10.1 Å². The molecule has 212 valence electrons. The Morgan fingerprint density at radius 3 is 2.31 bits per heavy atom. The number of allylic oxidation sites excluding steroid dienone is 2. The number of H-pyrrole nitrogens is 1. The van der Waals surface area contributed by atoms with Crippen LogP contribution in [0.2, 0.25) is 0 Å². The number of hydrogen-bond donors (Lipinski definition) is 3. The number of amides is 1. The first-order valence-corrected chi connectivity index (χ1v) is 14.9. The smallest absolute Gasteiger partial charge is 0.291 e. The van der Waals surface area contributed by atoms with Crippen LogP contribution in [-0.2, 0) is 14.9 Å². The molecule has 1 fully saturated rings. The Balaban J connectivity index is 0.000000771. The molecule has 3 N–H and O–H groups in total. The first-order chi connectivity index (χ1) is 17.9. The van der Waals surface area contributed by atoms with Crippen molar-refractivity contribution >= 4 is 27.3 Å². The number of rotatable bonds is 4. The van der Waals surface area contributed by atoms with E-state index in [0.717, 1.165) is 43.5 Å². The molecule has 4 rings (SSSR count). The number of pyridine rings is 1. The molecule has 2 aromatic rings. The van der Waals surface area contributed by atoms with Gasteiger partial charge in [0.25, 0.3) is 16.0 Å². The van der Waals surface area contributed by atoms with E-state index in [1.54, 1.807) is 0 Å². The topological polar surface area (TPSA) is 134 Å². The van der Waals surface area contributed by atoms with Crippen LogP contribution in [0.25, 0.3) is 5.57 Å². The third kappa shape index (κ3) is 9.02. The van der Waals surface area contributed by atoms with Crippen molar-refractivity contribution in [2.24, 2.45) is 5.41 Å². The number of aromatic nitrogens is 3. The van der Waals surface area contributed by atoms with Crippen LogP contribution in [0.5, 0.6) is 0 Å². The second-order valence-corrected chi connectivity index (χ2v) is 13.9. The van der Waals surface area contributed by atoms with Crippen LogP contribution < -0.4 is 5.32 Å². The lowest BCUT2D eigenvalue weighted by Gasteiger charge is -2.45. The molecule has 1 amide bonds. The Hall–Kier alpha value is -3.00. The van der Waals surface area contributed by atoms with Crippen LogP contribution in [0.4, 0.5) is 5.69 Å². The van der Waals surface area contributed by atoms with Gasteiger partial charge in [-0.3, -0.25) is 14.3 Å². The van der Waals surface area contributed by atoms with E-state index in [2.05, 4.69) is 68.8 Å². The van der Waals surface area contributed by atoms with Crippen molar-refractivity contribution < 1.29 is 22.5 Å². The highest BCUT2D eigenvalue weighted by atomic mass is 32.2. The second kappa shape index (κ2) is 11.2. The Morgan fingerprint density at radius 2 is 1.79 bits per heavy atom. The molecule has 10 heteroatoms. The fourth-order valence-electron chi connectivity index (χ4n) is 5.33. The molecule has 1 aliphatic carbocycles. The highest BCUT2D eigenvalue weighted by Crippen LogP contribution is 2.44. The van der Waals surface area contributed by atoms with Gasteiger partial charge in [0.05, 0.1) is 35.0 Å². The van der Waals surface area contributed by atoms with Crippen LogP contribution >= 0.6 is 0 Å². The van der Waals surface area contributed by atoms with Gasteiger partial charge in [-0.05, 0) is 82.9 Å². The third-order valence-electron chi connectivity index (χ3n) is 6.83. The maximum atomic E-state index is 12.9. The molecule has 39 heavy (non-hydrogen) atoms. The van der Waals surface area contributed by atoms with E-state index in [-0.39, 0.29) is 34.3 Å². The SMILES string of the molecule is C#Cc1cnc(C(=O)Nc2ccc(C3CC(C)(C)OC(C)(C)C3)nc2C2=CCC(C)(C)CC2)[nH]1.CS(=O)(=O)O. The predicted molar refractivity (Wildman–Crippen MR) is 153 cm³/mol. The molecular formula is C29H40N4O5S. The maximum absolute atomic E-state index is 12.9. The van der Waals surface area contributed by atoms with Crippen LogP contribution in [0, 0.1) is 17.8 Å². The number of imidazole rings is 1. The minimum absolute atomic E-state index is 0.190. The number of ether oxygens (including phenoxy) is 1. The molecule has 1 saturated heterocycles. The molecule has 0 saturated carbocycles. The van der Waals surface area contributed by atoms with Gasteiger partial charge in [0.15, 0.2) is 5.82 Å². The molecule has 2 aromatic heterocycles. The van der Waals surface area contributed by atoms with Crippen molar-refractivity contribution in [2.75, 3.05) is 11.6 Å². The molecule has 0 aromatic carbocycles. The summed E-state index contributed by atoms with van der Waals surface area (Å²) in [4.78, 5) is 25.0. The summed E-state index contributed by atoms with van der Waals surface area (Å²) < 4.78 is 32.2. The molecule has 0 bridgehead atoms. The van der Waals surface area contributed by atoms with E-state index in [1.807, 2.05) is 12.1 Å². The normalized spacial score (nSPS) is 20.1. The summed E-state index contributed by atoms with van der Waals surface area (Å²) >= 11 is 0. The summed E-state index contributed by atoms with van der Waals surface area (Å²) in [6.07, 6.45) is 14.7. The minimum Gasteiger partial charge on any atom is -0.370 e. The van der Waals surface area contributed by atoms with Crippen molar-refractivity contribution in [2.45, 2.75) is 90.8 Å². The lowest BCUT2D eigenvalue weighted by atomic mass is 9.77. The Labute approximate surface area is 232 Å². The van der Waals surface area contributed by atoms with Crippen molar-refractivity contribution in [3.8, 4) is 12.3 Å². The standard InChI is InChI=1S/C28H36N4O2.CH4O3S/c1-8-20-17-29-24(30-20)25(33)32-22-10-9-21(19-15-27(4,5)34-28(6,7)16-19)31-23(22)18-11-13-26(2,3)14-12-18;1-5(2,3)4/h1,9-11,17,19H,12-16H2,2-7H3,(H,29,30)(H,32,33);1H3,(H,2,3,4). The fraction of sp³-hybridized carbons (Fsp3) is 0.552. The Kier molecular flexibility index (Phi) is 8.80. The van der Waals surface area contributed by atoms with E-state index >= 15 is 0 Å². The van der Waals surface area contributed by atoms with Gasteiger partial charge in [-0.25, -0.2) is 4.98 Å². The summed E-state index contributed by atoms with van der Waals surface area (Å²) in [5, 5.41) is 3.02. The summed E-state index contributed by atoms with van der Waals surface area (Å²) in [6, 6.07) is 4.03. The molecular weight excluding hydrogens is 516 g/mol. The Morgan fingerprint density at radius 1 is 1.18 bits per heavy atom. The quantitative estimate of drug-likeness (QED) is 0.330. The number of anilines is 1. The molecule has 0 spiro atoms. The number of terminal acetylenes is 1. The van der Waals surface area contributed by atoms with E-state index in [0.29, 0.717) is 17.6 Å². The van der Waals surface area contributed by atoms with Gasteiger partial charge >= 0.3 is 0 Å². The largest absolute Gasteiger partial charge is 0.370 e. The van der Waals surface area contributed by atoms with Crippen molar-refractivity contribution in [1.82, 2.24) is 15.0 Å². The van der Waals surface area contributed by atoms with Gasteiger partial charge in [-0.2, -0.15) is 8.42 Å². The summed E-state index contributed by atoms with van der Waals surface area (Å²) in [7, 11) is -3.67. The molecule has 0 radical (unpaired) electrons. The predicted octanol–water partition coefficient (Wildman–Crippen LogP) is 5.59. The van der Waals surface area contributed by atoms with Crippen molar-refractivity contribution in [1.29, 1.82) is 0 Å². The Bertz CT molecular complexity index is 1370. The average Bonchev–Trinajstić information content (AvgIpc) is 3.26. The van der Waals surface area contributed by atoms with Crippen molar-refractivity contribution in [3.63, 3.8) is 0 Å². The minimum atomic E-state index is -3.67. The third-order valence-corrected chi connectivity index (χ3v) is 6.83. The van der Waals surface area contributed by atoms with Gasteiger partial charge in [-0.1, -0.05) is 25.8 Å². The first-order valence-electron chi connectivity index (χ1n) is 13.0. The molecule has 2 aliphatic rings. The van der Waals surface area contributed by atoms with Gasteiger partial charge < -0.3 is 15.0 Å². The van der Waals surface area contributed by atoms with Crippen LogP contribution in [-0.4, -0.2) is 51.3 Å². The summed E-state index contributed by atoms with van der Waals surface area (Å²) in [5.41, 5.74) is 4.10. The number of aromatic amines is 1. The first kappa shape index (κ1) is 30.5. The highest BCUT2D eigenvalue weighted by Gasteiger charge is 2.40. The second-order valence-electron chi connectivity index (χ2n) is 12.4. The zero-order valence-corrected chi connectivity index (χ0v) is 24.7. The van der Waals surface area contributed by atoms with Gasteiger partial charge in [0, 0.05) is 11.6 Å². The lowest BCUT2D eigenvalue weighted by molar-refractivity contribution is -0.162. The average molecular weight is 557 g/mol. The van der Waals surface area contributed by atoms with Gasteiger partial charge in [-0.15, -0.1) is 6.42 Å². The monoisotopic (exact) mass is 556 g/mol. The summed E-state index contributed by atoms with van der Waals surface area (Å²) in [5.74, 6) is 2.61. The van der Waals surface area contributed by atoms with Crippen LogP contribution in [0.1, 0.15) is 107 Å². The van der Waals surface area contributed by atoms with E-state index in [4.69, 9.17) is 20.7 Å². The van der Waals surface area contributed by atoms with Crippen LogP contribution in [0.15, 0.2) is 24.4 Å². The van der Waals surface area contributed by atoms with Crippen molar-refractivity contribution in [3.05, 3.63) is 47.3 Å². The lowest BCUT2D eigenvalue weighted by Crippen LogP contribution is -2.44. The van der Waals surface area contributed by atoms with Crippen LogP contribution in [0.3, 0.4) is 0 Å². The number of nitrogens with zero attached hydrogens (tertiary/aromatic N) is 2.